The van der Waals surface area contributed by atoms with Gasteiger partial charge in [0.2, 0.25) is 0 Å². The molecule has 12 heavy (non-hydrogen) atoms. The van der Waals surface area contributed by atoms with Gasteiger partial charge in [-0.3, -0.25) is 6.08 Å². The Bertz CT molecular complexity index is 88.7. The topological polar surface area (TPSA) is 46.1 Å². The second-order valence-corrected chi connectivity index (χ2v) is 1.58. The van der Waals surface area contributed by atoms with Crippen LogP contribution >= 0.6 is 0 Å². The maximum absolute atomic E-state index is 8.93. The molecule has 0 atom stereocenters. The Balaban J connectivity index is -0.000000104. The van der Waals surface area contributed by atoms with E-state index < -0.39 is 0 Å². The Kier molecular flexibility index (Phi) is 34.0. The third kappa shape index (κ3) is 31.8. The van der Waals surface area contributed by atoms with Crippen LogP contribution in [0.4, 0.5) is 0 Å². The Hall–Kier alpha value is 0.270. The molecule has 0 aromatic carbocycles. The minimum atomic E-state index is 0. The van der Waals surface area contributed by atoms with Crippen LogP contribution in [-0.2, 0) is 25.8 Å². The van der Waals surface area contributed by atoms with Gasteiger partial charge in [-0.1, -0.05) is 13.8 Å². The molecule has 0 saturated heterocycles. The van der Waals surface area contributed by atoms with Crippen LogP contribution in [0.2, 0.25) is 0 Å². The molecule has 0 heterocycles. The zero-order valence-corrected chi connectivity index (χ0v) is 11.3. The minimum Gasteiger partial charge on any atom is -0.855 e. The quantitative estimate of drug-likeness (QED) is 0.464. The van der Waals surface area contributed by atoms with E-state index in [2.05, 4.69) is 12.2 Å². The van der Waals surface area contributed by atoms with Crippen LogP contribution in [0, 0.1) is 6.08 Å². The molecular weight excluding hydrogens is 319 g/mol. The molecule has 1 aliphatic carbocycles. The van der Waals surface area contributed by atoms with Gasteiger partial charge in [-0.15, -0.1) is 19.6 Å². The third-order valence-electron chi connectivity index (χ3n) is 0.586. The summed E-state index contributed by atoms with van der Waals surface area (Å²) in [6.45, 7) is 3.14. The van der Waals surface area contributed by atoms with E-state index in [1.54, 1.807) is 13.8 Å². The summed E-state index contributed by atoms with van der Waals surface area (Å²) in [5.74, 6) is 0. The average Bonchev–Trinajstić information content (AvgIpc) is 2.44. The number of allylic oxidation sites excluding steroid dienone is 4. The van der Waals surface area contributed by atoms with Gasteiger partial charge in [0.1, 0.15) is 0 Å². The van der Waals surface area contributed by atoms with Crippen molar-refractivity contribution in [3.63, 3.8) is 0 Å². The molecule has 1 aliphatic rings. The molecule has 3 heteroatoms. The van der Waals surface area contributed by atoms with Crippen LogP contribution in [0.3, 0.4) is 0 Å². The summed E-state index contributed by atoms with van der Waals surface area (Å²) in [5.41, 5.74) is 0. The fourth-order valence-corrected chi connectivity index (χ4v) is 0.340. The molecule has 0 bridgehead atoms. The van der Waals surface area contributed by atoms with E-state index in [1.165, 1.54) is 0 Å². The van der Waals surface area contributed by atoms with E-state index in [4.69, 9.17) is 10.2 Å². The first-order valence-electron chi connectivity index (χ1n) is 3.71. The summed E-state index contributed by atoms with van der Waals surface area (Å²) in [6.07, 6.45) is 10.0. The zero-order chi connectivity index (χ0) is 8.95. The molecule has 70 valence electrons. The van der Waals surface area contributed by atoms with Crippen molar-refractivity contribution in [1.82, 2.24) is 0 Å². The molecule has 0 radical (unpaired) electrons. The van der Waals surface area contributed by atoms with Crippen LogP contribution < -0.4 is 10.2 Å². The van der Waals surface area contributed by atoms with Crippen LogP contribution in [0.25, 0.3) is 0 Å². The Morgan fingerprint density at radius 3 is 1.75 bits per heavy atom. The number of rotatable bonds is 0. The van der Waals surface area contributed by atoms with E-state index in [9.17, 15) is 0 Å². The molecule has 1 rings (SSSR count). The standard InChI is InChI=1S/C5H5.2C2H5O.Hf/c1-2-4-5-3-1;2*1-2-3;/h1-3H,4H2;2*2H2,1H3;/q3*-1;. The van der Waals surface area contributed by atoms with Crippen molar-refractivity contribution >= 4 is 0 Å². The van der Waals surface area contributed by atoms with Gasteiger partial charge in [-0.2, -0.15) is 6.08 Å². The summed E-state index contributed by atoms with van der Waals surface area (Å²) >= 11 is 0. The van der Waals surface area contributed by atoms with E-state index in [-0.39, 0.29) is 39.1 Å². The second-order valence-electron chi connectivity index (χ2n) is 1.58. The van der Waals surface area contributed by atoms with Gasteiger partial charge in [0.15, 0.2) is 0 Å². The van der Waals surface area contributed by atoms with Crippen LogP contribution in [0.15, 0.2) is 18.2 Å². The second kappa shape index (κ2) is 22.5. The van der Waals surface area contributed by atoms with Crippen molar-refractivity contribution in [3.05, 3.63) is 24.3 Å². The van der Waals surface area contributed by atoms with Gasteiger partial charge in [0.25, 0.3) is 0 Å². The molecule has 0 aliphatic heterocycles. The van der Waals surface area contributed by atoms with E-state index in [0.29, 0.717) is 0 Å². The van der Waals surface area contributed by atoms with Crippen molar-refractivity contribution < 1.29 is 36.1 Å². The van der Waals surface area contributed by atoms with Crippen molar-refractivity contribution in [3.8, 4) is 0 Å². The van der Waals surface area contributed by atoms with Gasteiger partial charge in [0.05, 0.1) is 0 Å². The van der Waals surface area contributed by atoms with E-state index in [1.807, 2.05) is 12.2 Å². The van der Waals surface area contributed by atoms with Crippen molar-refractivity contribution in [2.75, 3.05) is 13.2 Å². The zero-order valence-electron chi connectivity index (χ0n) is 7.67. The maximum atomic E-state index is 8.93. The first-order chi connectivity index (χ1) is 5.33. The maximum Gasteiger partial charge on any atom is 0 e. The Morgan fingerprint density at radius 2 is 1.67 bits per heavy atom. The van der Waals surface area contributed by atoms with Crippen molar-refractivity contribution in [2.24, 2.45) is 0 Å². The van der Waals surface area contributed by atoms with Gasteiger partial charge in [-0.25, -0.2) is 12.2 Å². The average molecular weight is 334 g/mol. The van der Waals surface area contributed by atoms with Gasteiger partial charge in [-0.05, 0) is 0 Å². The SMILES string of the molecule is CC[O-].CC[O-].[C-]1=CC=CC1.[Hf]. The Labute approximate surface area is 93.8 Å². The van der Waals surface area contributed by atoms with E-state index >= 15 is 0 Å². The van der Waals surface area contributed by atoms with Crippen molar-refractivity contribution in [1.29, 1.82) is 0 Å². The fraction of sp³-hybridized carbons (Fsp3) is 0.556. The summed E-state index contributed by atoms with van der Waals surface area (Å²) in [6, 6.07) is 0. The molecule has 0 unspecified atom stereocenters. The molecular formula is C9H15HfO2-3. The Morgan fingerprint density at radius 1 is 1.25 bits per heavy atom. The first kappa shape index (κ1) is 18.1. The summed E-state index contributed by atoms with van der Waals surface area (Å²) in [4.78, 5) is 0. The predicted octanol–water partition coefficient (Wildman–Crippen LogP) is 0.0364. The molecule has 0 spiro atoms. The van der Waals surface area contributed by atoms with Crippen LogP contribution in [-0.4, -0.2) is 13.2 Å². The van der Waals surface area contributed by atoms with Crippen molar-refractivity contribution in [2.45, 2.75) is 20.3 Å². The molecule has 0 N–H and O–H groups in total. The largest absolute Gasteiger partial charge is 0.855 e. The fourth-order valence-electron chi connectivity index (χ4n) is 0.340. The minimum absolute atomic E-state index is 0. The number of hydrogen-bond donors (Lipinski definition) is 0. The van der Waals surface area contributed by atoms with Gasteiger partial charge < -0.3 is 10.2 Å². The summed E-state index contributed by atoms with van der Waals surface area (Å²) < 4.78 is 0. The van der Waals surface area contributed by atoms with E-state index in [0.717, 1.165) is 6.42 Å². The smallest absolute Gasteiger partial charge is 0 e. The molecule has 0 aromatic heterocycles. The molecule has 0 amide bonds. The normalized spacial score (nSPS) is 10.3. The summed E-state index contributed by atoms with van der Waals surface area (Å²) in [5, 5.41) is 17.9. The van der Waals surface area contributed by atoms with Gasteiger partial charge >= 0.3 is 0 Å². The monoisotopic (exact) mass is 335 g/mol. The molecule has 0 fully saturated rings. The first-order valence-corrected chi connectivity index (χ1v) is 3.71. The molecule has 0 saturated carbocycles. The van der Waals surface area contributed by atoms with Crippen LogP contribution in [0.5, 0.6) is 0 Å². The summed E-state index contributed by atoms with van der Waals surface area (Å²) in [7, 11) is 0. The molecule has 0 aromatic rings. The third-order valence-corrected chi connectivity index (χ3v) is 0.586. The number of hydrogen-bond acceptors (Lipinski definition) is 2. The molecule has 2 nitrogen and oxygen atoms in total. The van der Waals surface area contributed by atoms with Gasteiger partial charge in [0, 0.05) is 25.8 Å². The predicted molar refractivity (Wildman–Crippen MR) is 42.7 cm³/mol. The van der Waals surface area contributed by atoms with Crippen LogP contribution in [0.1, 0.15) is 20.3 Å².